The molecule has 2 aliphatic rings. The Labute approximate surface area is 161 Å². The van der Waals surface area contributed by atoms with Gasteiger partial charge in [-0.2, -0.15) is 10.1 Å². The van der Waals surface area contributed by atoms with Crippen LogP contribution in [0.2, 0.25) is 0 Å². The molecule has 3 heterocycles. The van der Waals surface area contributed by atoms with Crippen LogP contribution in [0.5, 0.6) is 0 Å². The number of hydrogen-bond donors (Lipinski definition) is 0. The van der Waals surface area contributed by atoms with Gasteiger partial charge in [0.15, 0.2) is 0 Å². The lowest BCUT2D eigenvalue weighted by Crippen LogP contribution is -2.22. The molecule has 28 heavy (non-hydrogen) atoms. The van der Waals surface area contributed by atoms with Gasteiger partial charge >= 0.3 is 0 Å². The van der Waals surface area contributed by atoms with Crippen LogP contribution in [0.1, 0.15) is 12.5 Å². The van der Waals surface area contributed by atoms with Crippen LogP contribution in [0.4, 0.5) is 10.1 Å². The molecule has 1 saturated heterocycles. The Morgan fingerprint density at radius 1 is 1.21 bits per heavy atom. The Morgan fingerprint density at radius 3 is 2.75 bits per heavy atom. The van der Waals surface area contributed by atoms with Crippen LogP contribution in [-0.4, -0.2) is 28.9 Å². The highest BCUT2D eigenvalue weighted by Gasteiger charge is 2.31. The zero-order chi connectivity index (χ0) is 19.3. The van der Waals surface area contributed by atoms with Crippen molar-refractivity contribution in [2.45, 2.75) is 19.6 Å². The van der Waals surface area contributed by atoms with Crippen LogP contribution in [0.15, 0.2) is 65.4 Å². The molecule has 5 nitrogen and oxygen atoms in total. The van der Waals surface area contributed by atoms with Crippen molar-refractivity contribution >= 4 is 34.3 Å². The maximum Gasteiger partial charge on any atom is 0.280 e. The van der Waals surface area contributed by atoms with Gasteiger partial charge in [-0.3, -0.25) is 4.79 Å². The molecule has 2 aliphatic heterocycles. The predicted octanol–water partition coefficient (Wildman–Crippen LogP) is 3.99. The minimum Gasteiger partial charge on any atom is -0.371 e. The molecule has 6 heteroatoms. The molecular weight excluding hydrogens is 357 g/mol. The van der Waals surface area contributed by atoms with Gasteiger partial charge in [-0.15, -0.1) is 0 Å². The monoisotopic (exact) mass is 375 g/mol. The van der Waals surface area contributed by atoms with E-state index < -0.39 is 5.82 Å². The van der Waals surface area contributed by atoms with E-state index in [4.69, 9.17) is 4.74 Å². The Morgan fingerprint density at radius 2 is 1.96 bits per heavy atom. The molecule has 0 spiro atoms. The van der Waals surface area contributed by atoms with Gasteiger partial charge in [0.25, 0.3) is 5.91 Å². The number of hydrazone groups is 1. The average Bonchev–Trinajstić information content (AvgIpc) is 3.39. The van der Waals surface area contributed by atoms with E-state index in [0.717, 1.165) is 34.6 Å². The van der Waals surface area contributed by atoms with Crippen LogP contribution in [0.25, 0.3) is 17.0 Å². The number of hydrogen-bond acceptors (Lipinski definition) is 3. The van der Waals surface area contributed by atoms with Gasteiger partial charge in [0.05, 0.1) is 30.5 Å². The molecule has 0 aliphatic carbocycles. The first-order valence-electron chi connectivity index (χ1n) is 9.17. The van der Waals surface area contributed by atoms with Crippen molar-refractivity contribution < 1.29 is 13.9 Å². The Hall–Kier alpha value is -3.25. The van der Waals surface area contributed by atoms with Gasteiger partial charge in [-0.1, -0.05) is 30.3 Å². The number of nitrogens with zero attached hydrogens (tertiary/aromatic N) is 3. The van der Waals surface area contributed by atoms with E-state index in [1.165, 1.54) is 6.07 Å². The quantitative estimate of drug-likeness (QED) is 0.511. The van der Waals surface area contributed by atoms with E-state index >= 15 is 0 Å². The Balaban J connectivity index is 1.55. The van der Waals surface area contributed by atoms with Gasteiger partial charge < -0.3 is 9.30 Å². The second-order valence-corrected chi connectivity index (χ2v) is 7.02. The van der Waals surface area contributed by atoms with Crippen molar-refractivity contribution in [3.63, 3.8) is 0 Å². The van der Waals surface area contributed by atoms with E-state index in [9.17, 15) is 9.18 Å². The highest BCUT2D eigenvalue weighted by molar-refractivity contribution is 6.32. The molecule has 0 bridgehead atoms. The lowest BCUT2D eigenvalue weighted by Gasteiger charge is -2.12. The smallest absolute Gasteiger partial charge is 0.280 e. The topological polar surface area (TPSA) is 50.1 Å². The second-order valence-electron chi connectivity index (χ2n) is 7.02. The highest BCUT2D eigenvalue weighted by Crippen LogP contribution is 2.30. The van der Waals surface area contributed by atoms with E-state index in [1.807, 2.05) is 30.5 Å². The summed E-state index contributed by atoms with van der Waals surface area (Å²) >= 11 is 0. The van der Waals surface area contributed by atoms with Gasteiger partial charge in [-0.05, 0) is 31.2 Å². The fourth-order valence-electron chi connectivity index (χ4n) is 3.56. The number of halogens is 1. The van der Waals surface area contributed by atoms with Crippen molar-refractivity contribution in [1.29, 1.82) is 0 Å². The molecule has 1 fully saturated rings. The SMILES string of the molecule is CC1=NN(c2ccccc2F)C(=O)/C1=C/c1cn(CC2CO2)c2ccccc12. The summed E-state index contributed by atoms with van der Waals surface area (Å²) in [6.45, 7) is 3.33. The molecule has 0 radical (unpaired) electrons. The lowest BCUT2D eigenvalue weighted by atomic mass is 10.1. The summed E-state index contributed by atoms with van der Waals surface area (Å²) in [5.74, 6) is -0.806. The molecule has 1 amide bonds. The molecular formula is C22H18FN3O2. The number of amides is 1. The number of benzene rings is 2. The van der Waals surface area contributed by atoms with Crippen molar-refractivity contribution in [2.24, 2.45) is 5.10 Å². The van der Waals surface area contributed by atoms with E-state index in [2.05, 4.69) is 15.7 Å². The largest absolute Gasteiger partial charge is 0.371 e. The number of carbonyl (C=O) groups excluding carboxylic acids is 1. The molecule has 3 aromatic rings. The van der Waals surface area contributed by atoms with Gasteiger partial charge in [0, 0.05) is 22.7 Å². The predicted molar refractivity (Wildman–Crippen MR) is 107 cm³/mol. The Kier molecular flexibility index (Phi) is 3.87. The standard InChI is InChI=1S/C22H18FN3O2/c1-14-18(22(27)26(24-14)21-9-5-3-7-19(21)23)10-15-11-25(12-16-13-28-16)20-8-4-2-6-17(15)20/h2-11,16H,12-13H2,1H3/b18-10+. The highest BCUT2D eigenvalue weighted by atomic mass is 19.1. The van der Waals surface area contributed by atoms with E-state index in [-0.39, 0.29) is 17.7 Å². The molecule has 140 valence electrons. The minimum atomic E-state index is -0.477. The normalized spacial score (nSPS) is 20.3. The summed E-state index contributed by atoms with van der Waals surface area (Å²) in [7, 11) is 0. The van der Waals surface area contributed by atoms with Crippen LogP contribution in [0, 0.1) is 5.82 Å². The van der Waals surface area contributed by atoms with Crippen LogP contribution < -0.4 is 5.01 Å². The van der Waals surface area contributed by atoms with Crippen LogP contribution in [0.3, 0.4) is 0 Å². The molecule has 5 rings (SSSR count). The van der Waals surface area contributed by atoms with Crippen LogP contribution in [-0.2, 0) is 16.1 Å². The molecule has 1 aromatic heterocycles. The first kappa shape index (κ1) is 16.9. The van der Waals surface area contributed by atoms with Gasteiger partial charge in [0.2, 0.25) is 0 Å². The molecule has 0 saturated carbocycles. The first-order chi connectivity index (χ1) is 13.6. The summed E-state index contributed by atoms with van der Waals surface area (Å²) in [6.07, 6.45) is 4.13. The van der Waals surface area contributed by atoms with Crippen molar-refractivity contribution in [3.05, 3.63) is 71.7 Å². The Bertz CT molecular complexity index is 1160. The maximum absolute atomic E-state index is 14.1. The number of aromatic nitrogens is 1. The van der Waals surface area contributed by atoms with Crippen molar-refractivity contribution in [3.8, 4) is 0 Å². The molecule has 2 aromatic carbocycles. The van der Waals surface area contributed by atoms with Gasteiger partial charge in [-0.25, -0.2) is 4.39 Å². The van der Waals surface area contributed by atoms with E-state index in [0.29, 0.717) is 11.3 Å². The number of ether oxygens (including phenoxy) is 1. The summed E-state index contributed by atoms with van der Waals surface area (Å²) in [5, 5.41) is 6.48. The summed E-state index contributed by atoms with van der Waals surface area (Å²) < 4.78 is 21.7. The fourth-order valence-corrected chi connectivity index (χ4v) is 3.56. The third-order valence-electron chi connectivity index (χ3n) is 5.07. The number of rotatable bonds is 4. The minimum absolute atomic E-state index is 0.156. The molecule has 0 N–H and O–H groups in total. The number of carbonyl (C=O) groups is 1. The summed E-state index contributed by atoms with van der Waals surface area (Å²) in [4.78, 5) is 13.0. The summed E-state index contributed by atoms with van der Waals surface area (Å²) in [5.41, 5.74) is 3.22. The zero-order valence-corrected chi connectivity index (χ0v) is 15.3. The zero-order valence-electron chi connectivity index (χ0n) is 15.3. The van der Waals surface area contributed by atoms with E-state index in [1.54, 1.807) is 25.1 Å². The average molecular weight is 375 g/mol. The number of anilines is 1. The van der Waals surface area contributed by atoms with Crippen molar-refractivity contribution in [1.82, 2.24) is 4.57 Å². The fraction of sp³-hybridized carbons (Fsp3) is 0.182. The first-order valence-corrected chi connectivity index (χ1v) is 9.17. The van der Waals surface area contributed by atoms with Gasteiger partial charge in [0.1, 0.15) is 11.5 Å². The maximum atomic E-state index is 14.1. The van der Waals surface area contributed by atoms with Crippen LogP contribution >= 0.6 is 0 Å². The lowest BCUT2D eigenvalue weighted by molar-refractivity contribution is -0.114. The molecule has 1 atom stereocenters. The number of fused-ring (bicyclic) bond motifs is 1. The summed E-state index contributed by atoms with van der Waals surface area (Å²) in [6, 6.07) is 14.2. The third kappa shape index (κ3) is 2.82. The number of para-hydroxylation sites is 2. The van der Waals surface area contributed by atoms with Crippen molar-refractivity contribution in [2.75, 3.05) is 11.6 Å². The third-order valence-corrected chi connectivity index (χ3v) is 5.07. The number of epoxide rings is 1. The second kappa shape index (κ2) is 6.42. The molecule has 1 unspecified atom stereocenters.